The maximum atomic E-state index is 8.75. The Morgan fingerprint density at radius 1 is 1.28 bits per heavy atom. The molecule has 0 saturated carbocycles. The van der Waals surface area contributed by atoms with E-state index in [2.05, 4.69) is 49.5 Å². The summed E-state index contributed by atoms with van der Waals surface area (Å²) in [6.45, 7) is 5.16. The Balaban J connectivity index is 1.96. The van der Waals surface area contributed by atoms with E-state index >= 15 is 0 Å². The average Bonchev–Trinajstić information content (AvgIpc) is 2.85. The highest BCUT2D eigenvalue weighted by Gasteiger charge is 2.01. The molecule has 18 heavy (non-hydrogen) atoms. The SMILES string of the molecule is CC(C)c1ccc(NCc2cc(C#N)cs2)cc1. The van der Waals surface area contributed by atoms with E-state index in [1.807, 2.05) is 11.4 Å². The zero-order valence-corrected chi connectivity index (χ0v) is 11.4. The fourth-order valence-electron chi connectivity index (χ4n) is 1.71. The van der Waals surface area contributed by atoms with Crippen molar-refractivity contribution in [1.29, 1.82) is 5.26 Å². The standard InChI is InChI=1S/C15H16N2S/c1-11(2)13-3-5-14(6-4-13)17-9-15-7-12(8-16)10-18-15/h3-7,10-11,17H,9H2,1-2H3. The molecule has 1 heterocycles. The molecule has 0 unspecified atom stereocenters. The molecular formula is C15H16N2S. The molecule has 2 nitrogen and oxygen atoms in total. The van der Waals surface area contributed by atoms with Crippen LogP contribution in [0.15, 0.2) is 35.7 Å². The van der Waals surface area contributed by atoms with E-state index in [9.17, 15) is 0 Å². The van der Waals surface area contributed by atoms with Gasteiger partial charge in [0, 0.05) is 22.5 Å². The maximum Gasteiger partial charge on any atom is 0.100 e. The molecule has 0 amide bonds. The van der Waals surface area contributed by atoms with Gasteiger partial charge in [-0.25, -0.2) is 0 Å². The van der Waals surface area contributed by atoms with Crippen molar-refractivity contribution in [2.75, 3.05) is 5.32 Å². The highest BCUT2D eigenvalue weighted by molar-refractivity contribution is 7.10. The molecular weight excluding hydrogens is 240 g/mol. The van der Waals surface area contributed by atoms with Gasteiger partial charge in [0.1, 0.15) is 6.07 Å². The number of rotatable bonds is 4. The molecule has 0 aliphatic carbocycles. The minimum absolute atomic E-state index is 0.564. The van der Waals surface area contributed by atoms with Gasteiger partial charge >= 0.3 is 0 Å². The Kier molecular flexibility index (Phi) is 4.01. The zero-order chi connectivity index (χ0) is 13.0. The van der Waals surface area contributed by atoms with Gasteiger partial charge < -0.3 is 5.32 Å². The number of nitrogens with one attached hydrogen (secondary N) is 1. The number of hydrogen-bond acceptors (Lipinski definition) is 3. The lowest BCUT2D eigenvalue weighted by atomic mass is 10.0. The summed E-state index contributed by atoms with van der Waals surface area (Å²) in [7, 11) is 0. The first kappa shape index (κ1) is 12.7. The van der Waals surface area contributed by atoms with Crippen LogP contribution >= 0.6 is 11.3 Å². The maximum absolute atomic E-state index is 8.75. The summed E-state index contributed by atoms with van der Waals surface area (Å²) in [5, 5.41) is 14.0. The van der Waals surface area contributed by atoms with Crippen LogP contribution in [0.25, 0.3) is 0 Å². The normalized spacial score (nSPS) is 10.3. The monoisotopic (exact) mass is 256 g/mol. The Morgan fingerprint density at radius 3 is 2.56 bits per heavy atom. The molecule has 0 fully saturated rings. The predicted molar refractivity (Wildman–Crippen MR) is 76.9 cm³/mol. The molecule has 1 N–H and O–H groups in total. The summed E-state index contributed by atoms with van der Waals surface area (Å²) >= 11 is 1.62. The largest absolute Gasteiger partial charge is 0.380 e. The number of thiophene rings is 1. The lowest BCUT2D eigenvalue weighted by Gasteiger charge is -2.08. The van der Waals surface area contributed by atoms with Crippen LogP contribution < -0.4 is 5.32 Å². The van der Waals surface area contributed by atoms with Gasteiger partial charge in [0.05, 0.1) is 5.56 Å². The molecule has 92 valence electrons. The third-order valence-corrected chi connectivity index (χ3v) is 3.76. The molecule has 3 heteroatoms. The van der Waals surface area contributed by atoms with Crippen molar-refractivity contribution in [3.05, 3.63) is 51.7 Å². The highest BCUT2D eigenvalue weighted by Crippen LogP contribution is 2.19. The van der Waals surface area contributed by atoms with E-state index in [0.717, 1.165) is 17.8 Å². The number of nitrogens with zero attached hydrogens (tertiary/aromatic N) is 1. The first-order chi connectivity index (χ1) is 8.69. The smallest absolute Gasteiger partial charge is 0.100 e. The van der Waals surface area contributed by atoms with Crippen molar-refractivity contribution >= 4 is 17.0 Å². The summed E-state index contributed by atoms with van der Waals surface area (Å²) in [5.41, 5.74) is 3.21. The summed E-state index contributed by atoms with van der Waals surface area (Å²) < 4.78 is 0. The zero-order valence-electron chi connectivity index (χ0n) is 10.6. The van der Waals surface area contributed by atoms with E-state index in [-0.39, 0.29) is 0 Å². The number of anilines is 1. The Labute approximate surface area is 112 Å². The Hall–Kier alpha value is -1.79. The molecule has 0 spiro atoms. The van der Waals surface area contributed by atoms with Gasteiger partial charge in [-0.15, -0.1) is 11.3 Å². The second-order valence-electron chi connectivity index (χ2n) is 4.54. The quantitative estimate of drug-likeness (QED) is 0.882. The molecule has 0 radical (unpaired) electrons. The van der Waals surface area contributed by atoms with Gasteiger partial charge in [0.2, 0.25) is 0 Å². The molecule has 0 aliphatic rings. The molecule has 0 saturated heterocycles. The molecule has 0 aliphatic heterocycles. The van der Waals surface area contributed by atoms with Crippen molar-refractivity contribution in [3.8, 4) is 6.07 Å². The topological polar surface area (TPSA) is 35.8 Å². The van der Waals surface area contributed by atoms with E-state index in [1.165, 1.54) is 10.4 Å². The van der Waals surface area contributed by atoms with Crippen molar-refractivity contribution < 1.29 is 0 Å². The predicted octanol–water partition coefficient (Wildman–Crippen LogP) is 4.36. The second-order valence-corrected chi connectivity index (χ2v) is 5.54. The fourth-order valence-corrected chi connectivity index (χ4v) is 2.46. The summed E-state index contributed by atoms with van der Waals surface area (Å²) in [6, 6.07) is 12.6. The van der Waals surface area contributed by atoms with E-state index < -0.39 is 0 Å². The highest BCUT2D eigenvalue weighted by atomic mass is 32.1. The minimum atomic E-state index is 0.564. The second kappa shape index (κ2) is 5.70. The van der Waals surface area contributed by atoms with Crippen molar-refractivity contribution in [3.63, 3.8) is 0 Å². The van der Waals surface area contributed by atoms with Crippen LogP contribution in [0.3, 0.4) is 0 Å². The number of nitriles is 1. The third kappa shape index (κ3) is 3.12. The van der Waals surface area contributed by atoms with Crippen LogP contribution in [0, 0.1) is 11.3 Å². The van der Waals surface area contributed by atoms with Crippen molar-refractivity contribution in [1.82, 2.24) is 0 Å². The lowest BCUT2D eigenvalue weighted by molar-refractivity contribution is 0.867. The van der Waals surface area contributed by atoms with Crippen molar-refractivity contribution in [2.45, 2.75) is 26.3 Å². The number of benzene rings is 1. The third-order valence-electron chi connectivity index (χ3n) is 2.83. The van der Waals surface area contributed by atoms with Gasteiger partial charge in [-0.2, -0.15) is 5.26 Å². The van der Waals surface area contributed by atoms with E-state index in [4.69, 9.17) is 5.26 Å². The fraction of sp³-hybridized carbons (Fsp3) is 0.267. The first-order valence-corrected chi connectivity index (χ1v) is 6.88. The van der Waals surface area contributed by atoms with Crippen molar-refractivity contribution in [2.24, 2.45) is 0 Å². The average molecular weight is 256 g/mol. The van der Waals surface area contributed by atoms with Crippen LogP contribution in [0.4, 0.5) is 5.69 Å². The molecule has 1 aromatic carbocycles. The Bertz CT molecular complexity index is 547. The van der Waals surface area contributed by atoms with E-state index in [0.29, 0.717) is 5.92 Å². The van der Waals surface area contributed by atoms with Crippen LogP contribution in [-0.4, -0.2) is 0 Å². The van der Waals surface area contributed by atoms with E-state index in [1.54, 1.807) is 11.3 Å². The van der Waals surface area contributed by atoms with Gasteiger partial charge in [-0.3, -0.25) is 0 Å². The van der Waals surface area contributed by atoms with Crippen LogP contribution in [-0.2, 0) is 6.54 Å². The van der Waals surface area contributed by atoms with Crippen LogP contribution in [0.5, 0.6) is 0 Å². The minimum Gasteiger partial charge on any atom is -0.380 e. The molecule has 0 bridgehead atoms. The summed E-state index contributed by atoms with van der Waals surface area (Å²) in [5.74, 6) is 0.564. The summed E-state index contributed by atoms with van der Waals surface area (Å²) in [4.78, 5) is 1.18. The van der Waals surface area contributed by atoms with Crippen LogP contribution in [0.1, 0.15) is 35.8 Å². The first-order valence-electron chi connectivity index (χ1n) is 6.00. The van der Waals surface area contributed by atoms with Crippen LogP contribution in [0.2, 0.25) is 0 Å². The lowest BCUT2D eigenvalue weighted by Crippen LogP contribution is -1.97. The number of hydrogen-bond donors (Lipinski definition) is 1. The molecule has 2 rings (SSSR count). The van der Waals surface area contributed by atoms with Gasteiger partial charge in [-0.05, 0) is 29.7 Å². The Morgan fingerprint density at radius 2 is 2.00 bits per heavy atom. The molecule has 2 aromatic rings. The molecule has 1 aromatic heterocycles. The summed E-state index contributed by atoms with van der Waals surface area (Å²) in [6.07, 6.45) is 0. The van der Waals surface area contributed by atoms with Gasteiger partial charge in [0.15, 0.2) is 0 Å². The van der Waals surface area contributed by atoms with Gasteiger partial charge in [-0.1, -0.05) is 26.0 Å². The van der Waals surface area contributed by atoms with Gasteiger partial charge in [0.25, 0.3) is 0 Å². The molecule has 0 atom stereocenters.